The van der Waals surface area contributed by atoms with Crippen molar-refractivity contribution in [3.63, 3.8) is 0 Å². The highest BCUT2D eigenvalue weighted by Gasteiger charge is 2.38. The number of aliphatic carboxylic acids is 2. The number of imidazole rings is 1. The van der Waals surface area contributed by atoms with Crippen LogP contribution in [0.3, 0.4) is 0 Å². The van der Waals surface area contributed by atoms with E-state index in [-0.39, 0.29) is 11.9 Å². The Kier molecular flexibility index (Phi) is 10.4. The molecule has 0 amide bonds. The van der Waals surface area contributed by atoms with E-state index >= 15 is 0 Å². The lowest BCUT2D eigenvalue weighted by Crippen LogP contribution is -2.39. The number of pyridine rings is 1. The Bertz CT molecular complexity index is 1220. The largest absolute Gasteiger partial charge is 0.490 e. The summed E-state index contributed by atoms with van der Waals surface area (Å²) in [6.07, 6.45) is -5.02. The lowest BCUT2D eigenvalue weighted by Gasteiger charge is -2.33. The van der Waals surface area contributed by atoms with Gasteiger partial charge in [-0.15, -0.1) is 0 Å². The van der Waals surface area contributed by atoms with Crippen LogP contribution < -0.4 is 4.74 Å². The molecule has 0 saturated carbocycles. The Morgan fingerprint density at radius 2 is 1.77 bits per heavy atom. The Hall–Kier alpha value is -4.22. The van der Waals surface area contributed by atoms with Crippen LogP contribution in [0.15, 0.2) is 41.4 Å². The molecule has 1 aliphatic rings. The summed E-state index contributed by atoms with van der Waals surface area (Å²) in [6.45, 7) is 4.37. The zero-order valence-electron chi connectivity index (χ0n) is 19.8. The molecule has 3 aromatic rings. The number of alkyl halides is 6. The van der Waals surface area contributed by atoms with Crippen LogP contribution in [0.25, 0.3) is 0 Å². The number of carbonyl (C=O) groups is 2. The minimum absolute atomic E-state index is 0.0145. The number of aromatic nitrogens is 4. The second-order valence-electron chi connectivity index (χ2n) is 7.75. The van der Waals surface area contributed by atoms with E-state index < -0.39 is 30.1 Å². The van der Waals surface area contributed by atoms with Gasteiger partial charge in [0.2, 0.25) is 5.88 Å². The molecule has 1 atom stereocenters. The molecule has 2 N–H and O–H groups in total. The first-order valence-corrected chi connectivity index (χ1v) is 10.6. The van der Waals surface area contributed by atoms with Crippen molar-refractivity contribution >= 4 is 11.9 Å². The summed E-state index contributed by atoms with van der Waals surface area (Å²) >= 11 is 0. The molecular formula is C21H20F7N5O6. The van der Waals surface area contributed by atoms with E-state index in [4.69, 9.17) is 29.1 Å². The van der Waals surface area contributed by atoms with Gasteiger partial charge in [-0.3, -0.25) is 4.90 Å². The summed E-state index contributed by atoms with van der Waals surface area (Å²) in [4.78, 5) is 28.2. The first kappa shape index (κ1) is 31.0. The van der Waals surface area contributed by atoms with Gasteiger partial charge in [0, 0.05) is 38.1 Å². The maximum Gasteiger partial charge on any atom is 0.490 e. The minimum Gasteiger partial charge on any atom is -0.475 e. The molecule has 0 aliphatic carbocycles. The molecule has 0 bridgehead atoms. The Morgan fingerprint density at radius 3 is 2.28 bits per heavy atom. The van der Waals surface area contributed by atoms with Gasteiger partial charge in [0.15, 0.2) is 5.82 Å². The quantitative estimate of drug-likeness (QED) is 0.436. The molecule has 3 aromatic heterocycles. The predicted octanol–water partition coefficient (Wildman–Crippen LogP) is 3.62. The van der Waals surface area contributed by atoms with Gasteiger partial charge in [0.25, 0.3) is 0 Å². The topological polar surface area (TPSA) is 144 Å². The van der Waals surface area contributed by atoms with Crippen LogP contribution in [-0.2, 0) is 22.7 Å². The number of carboxylic acid groups (broad SMARTS) is 2. The molecule has 0 aromatic carbocycles. The van der Waals surface area contributed by atoms with E-state index in [1.807, 2.05) is 19.2 Å². The maximum absolute atomic E-state index is 13.7. The van der Waals surface area contributed by atoms with Crippen molar-refractivity contribution < 1.29 is 59.8 Å². The van der Waals surface area contributed by atoms with Crippen molar-refractivity contribution in [2.45, 2.75) is 38.4 Å². The van der Waals surface area contributed by atoms with Gasteiger partial charge < -0.3 is 24.0 Å². The number of ether oxygens (including phenoxy) is 1. The average Bonchev–Trinajstić information content (AvgIpc) is 3.46. The van der Waals surface area contributed by atoms with E-state index in [0.29, 0.717) is 13.2 Å². The Morgan fingerprint density at radius 1 is 1.15 bits per heavy atom. The summed E-state index contributed by atoms with van der Waals surface area (Å²) in [5.41, 5.74) is 1.97. The van der Waals surface area contributed by atoms with Crippen molar-refractivity contribution in [3.05, 3.63) is 59.9 Å². The third-order valence-electron chi connectivity index (χ3n) is 4.68. The molecule has 4 heterocycles. The van der Waals surface area contributed by atoms with Gasteiger partial charge >= 0.3 is 24.3 Å². The summed E-state index contributed by atoms with van der Waals surface area (Å²) < 4.78 is 90.0. The van der Waals surface area contributed by atoms with Crippen LogP contribution in [0.4, 0.5) is 30.7 Å². The summed E-state index contributed by atoms with van der Waals surface area (Å²) in [6, 6.07) is 4.82. The van der Waals surface area contributed by atoms with Crippen LogP contribution in [0, 0.1) is 12.7 Å². The van der Waals surface area contributed by atoms with Crippen molar-refractivity contribution in [2.24, 2.45) is 0 Å². The highest BCUT2D eigenvalue weighted by atomic mass is 19.4. The number of halogens is 7. The minimum atomic E-state index is -5.08. The van der Waals surface area contributed by atoms with Gasteiger partial charge in [-0.05, 0) is 19.1 Å². The third-order valence-corrected chi connectivity index (χ3v) is 4.68. The van der Waals surface area contributed by atoms with Gasteiger partial charge in [-0.25, -0.2) is 23.9 Å². The SMILES string of the molecule is Cc1cc(CN2Cc3cncn3C(COc3ncccc3F)C2)no1.O=C(O)C(F)(F)F.O=C(O)C(F)(F)F. The zero-order valence-corrected chi connectivity index (χ0v) is 19.8. The average molecular weight is 571 g/mol. The third kappa shape index (κ3) is 9.87. The molecule has 0 fully saturated rings. The second kappa shape index (κ2) is 13.0. The van der Waals surface area contributed by atoms with E-state index in [1.54, 1.807) is 12.4 Å². The van der Waals surface area contributed by atoms with Gasteiger partial charge in [-0.2, -0.15) is 26.3 Å². The smallest absolute Gasteiger partial charge is 0.475 e. The van der Waals surface area contributed by atoms with Crippen molar-refractivity contribution in [2.75, 3.05) is 13.2 Å². The zero-order chi connectivity index (χ0) is 29.4. The van der Waals surface area contributed by atoms with Crippen LogP contribution in [0.5, 0.6) is 5.88 Å². The normalized spacial score (nSPS) is 15.2. The van der Waals surface area contributed by atoms with Gasteiger partial charge in [-0.1, -0.05) is 5.16 Å². The van der Waals surface area contributed by atoms with Crippen molar-refractivity contribution in [1.82, 2.24) is 24.6 Å². The van der Waals surface area contributed by atoms with Crippen LogP contribution in [0.2, 0.25) is 0 Å². The van der Waals surface area contributed by atoms with Gasteiger partial charge in [0.1, 0.15) is 12.4 Å². The molecule has 214 valence electrons. The Balaban J connectivity index is 0.000000317. The van der Waals surface area contributed by atoms with Gasteiger partial charge in [0.05, 0.1) is 23.8 Å². The van der Waals surface area contributed by atoms with E-state index in [9.17, 15) is 30.7 Å². The monoisotopic (exact) mass is 571 g/mol. The van der Waals surface area contributed by atoms with E-state index in [0.717, 1.165) is 30.2 Å². The highest BCUT2D eigenvalue weighted by Crippen LogP contribution is 2.24. The van der Waals surface area contributed by atoms with Crippen LogP contribution in [-0.4, -0.2) is 72.2 Å². The van der Waals surface area contributed by atoms with Crippen LogP contribution >= 0.6 is 0 Å². The summed E-state index contributed by atoms with van der Waals surface area (Å²) in [5, 5.41) is 18.3. The molecule has 11 nitrogen and oxygen atoms in total. The second-order valence-corrected chi connectivity index (χ2v) is 7.75. The number of rotatable bonds is 5. The number of hydrogen-bond donors (Lipinski definition) is 2. The molecule has 0 saturated heterocycles. The maximum atomic E-state index is 13.7. The number of fused-ring (bicyclic) bond motifs is 1. The highest BCUT2D eigenvalue weighted by molar-refractivity contribution is 5.73. The number of nitrogens with zero attached hydrogens (tertiary/aromatic N) is 5. The lowest BCUT2D eigenvalue weighted by atomic mass is 10.2. The summed E-state index contributed by atoms with van der Waals surface area (Å²) in [7, 11) is 0. The molecular weight excluding hydrogens is 551 g/mol. The first-order chi connectivity index (χ1) is 18.1. The first-order valence-electron chi connectivity index (χ1n) is 10.6. The molecule has 4 rings (SSSR count). The van der Waals surface area contributed by atoms with E-state index in [2.05, 4.69) is 24.6 Å². The van der Waals surface area contributed by atoms with Crippen molar-refractivity contribution in [3.8, 4) is 5.88 Å². The van der Waals surface area contributed by atoms with E-state index in [1.165, 1.54) is 12.3 Å². The van der Waals surface area contributed by atoms with Crippen molar-refractivity contribution in [1.29, 1.82) is 0 Å². The summed E-state index contributed by atoms with van der Waals surface area (Å²) in [5.74, 6) is -5.16. The number of carboxylic acids is 2. The molecule has 0 spiro atoms. The molecule has 0 radical (unpaired) electrons. The fourth-order valence-corrected chi connectivity index (χ4v) is 3.09. The fraction of sp³-hybridized carbons (Fsp3) is 0.381. The molecule has 18 heteroatoms. The van der Waals surface area contributed by atoms with Crippen LogP contribution in [0.1, 0.15) is 23.2 Å². The molecule has 39 heavy (non-hydrogen) atoms. The predicted molar refractivity (Wildman–Crippen MR) is 114 cm³/mol. The fourth-order valence-electron chi connectivity index (χ4n) is 3.09. The Labute approximate surface area is 214 Å². The molecule has 1 aliphatic heterocycles. The number of aryl methyl sites for hydroxylation is 1. The number of hydrogen-bond acceptors (Lipinski definition) is 8. The molecule has 1 unspecified atom stereocenters. The lowest BCUT2D eigenvalue weighted by molar-refractivity contribution is -0.193. The standard InChI is InChI=1S/C17H18FN5O2.2C2HF3O2/c1-12-5-13(21-25-12)7-22-8-14-6-19-11-23(14)15(9-22)10-24-17-16(18)3-2-4-20-17;2*3-2(4,5)1(6)7/h2-6,11,15H,7-10H2,1H3;2*(H,6,7).